The van der Waals surface area contributed by atoms with Gasteiger partial charge in [0.15, 0.2) is 0 Å². The van der Waals surface area contributed by atoms with Crippen LogP contribution in [0.15, 0.2) is 24.4 Å². The molecule has 0 saturated heterocycles. The Labute approximate surface area is 112 Å². The highest BCUT2D eigenvalue weighted by atomic mass is 16.4. The number of aromatic amines is 1. The Morgan fingerprint density at radius 1 is 1.50 bits per heavy atom. The van der Waals surface area contributed by atoms with E-state index in [-0.39, 0.29) is 22.7 Å². The van der Waals surface area contributed by atoms with Gasteiger partial charge in [0.25, 0.3) is 0 Å². The molecule has 0 amide bonds. The minimum atomic E-state index is -1.26. The summed E-state index contributed by atoms with van der Waals surface area (Å²) in [6, 6.07) is 5.80. The summed E-state index contributed by atoms with van der Waals surface area (Å²) in [6.45, 7) is 0. The number of hydrogen-bond acceptors (Lipinski definition) is 7. The standard InChI is InChI=1S/C11H8N6O3/c12-4-6(10-14-16-17-15-10)5-13-7-1-2-9(18)8(3-7)11(19)20/h1-3,5,13,18H,(H,19,20)(H,14,15,16,17). The van der Waals surface area contributed by atoms with Crippen LogP contribution >= 0.6 is 0 Å². The highest BCUT2D eigenvalue weighted by Gasteiger charge is 2.10. The number of hydrogen-bond donors (Lipinski definition) is 4. The van der Waals surface area contributed by atoms with Crippen LogP contribution in [0.5, 0.6) is 5.75 Å². The first-order valence-electron chi connectivity index (χ1n) is 5.28. The van der Waals surface area contributed by atoms with Gasteiger partial charge in [-0.15, -0.1) is 10.2 Å². The number of tetrazole rings is 1. The fourth-order valence-electron chi connectivity index (χ4n) is 1.38. The molecule has 0 radical (unpaired) electrons. The molecular formula is C11H8N6O3. The number of carbonyl (C=O) groups is 1. The first kappa shape index (κ1) is 13.0. The number of rotatable bonds is 4. The average Bonchev–Trinajstić information content (AvgIpc) is 2.95. The van der Waals surface area contributed by atoms with Gasteiger partial charge in [-0.05, 0) is 23.4 Å². The second-order valence-corrected chi connectivity index (χ2v) is 3.59. The number of benzene rings is 1. The van der Waals surface area contributed by atoms with E-state index < -0.39 is 5.97 Å². The summed E-state index contributed by atoms with van der Waals surface area (Å²) in [5, 5.41) is 42.8. The van der Waals surface area contributed by atoms with Crippen molar-refractivity contribution < 1.29 is 15.0 Å². The predicted octanol–water partition coefficient (Wildman–Crippen LogP) is 0.580. The van der Waals surface area contributed by atoms with E-state index in [2.05, 4.69) is 25.9 Å². The maximum Gasteiger partial charge on any atom is 0.339 e. The van der Waals surface area contributed by atoms with E-state index >= 15 is 0 Å². The fourth-order valence-corrected chi connectivity index (χ4v) is 1.38. The smallest absolute Gasteiger partial charge is 0.339 e. The zero-order chi connectivity index (χ0) is 14.5. The number of aromatic hydroxyl groups is 1. The van der Waals surface area contributed by atoms with Gasteiger partial charge in [-0.1, -0.05) is 0 Å². The van der Waals surface area contributed by atoms with Crippen molar-refractivity contribution >= 4 is 17.2 Å². The van der Waals surface area contributed by atoms with Crippen LogP contribution < -0.4 is 5.32 Å². The summed E-state index contributed by atoms with van der Waals surface area (Å²) in [5.74, 6) is -1.49. The molecule has 2 aromatic rings. The number of carboxylic acid groups (broad SMARTS) is 1. The van der Waals surface area contributed by atoms with Crippen molar-refractivity contribution in [2.24, 2.45) is 0 Å². The highest BCUT2D eigenvalue weighted by molar-refractivity contribution is 5.92. The molecule has 0 spiro atoms. The number of phenols is 1. The Balaban J connectivity index is 2.25. The molecule has 2 rings (SSSR count). The number of nitrogens with one attached hydrogen (secondary N) is 2. The second-order valence-electron chi connectivity index (χ2n) is 3.59. The van der Waals surface area contributed by atoms with Crippen LogP contribution in [-0.2, 0) is 0 Å². The second kappa shape index (κ2) is 5.49. The molecular weight excluding hydrogens is 264 g/mol. The summed E-state index contributed by atoms with van der Waals surface area (Å²) in [4.78, 5) is 10.9. The number of aromatic carboxylic acids is 1. The SMILES string of the molecule is N#CC(=CNc1ccc(O)c(C(=O)O)c1)c1nn[nH]n1. The zero-order valence-electron chi connectivity index (χ0n) is 9.90. The summed E-state index contributed by atoms with van der Waals surface area (Å²) < 4.78 is 0. The van der Waals surface area contributed by atoms with Gasteiger partial charge in [0.1, 0.15) is 23.0 Å². The fraction of sp³-hybridized carbons (Fsp3) is 0. The molecule has 0 aliphatic heterocycles. The molecule has 1 heterocycles. The van der Waals surface area contributed by atoms with E-state index in [0.29, 0.717) is 5.69 Å². The van der Waals surface area contributed by atoms with Crippen molar-refractivity contribution in [3.63, 3.8) is 0 Å². The van der Waals surface area contributed by atoms with Crippen molar-refractivity contribution in [2.45, 2.75) is 0 Å². The maximum atomic E-state index is 10.9. The Hall–Kier alpha value is -3.41. The van der Waals surface area contributed by atoms with Crippen LogP contribution in [0, 0.1) is 11.3 Å². The lowest BCUT2D eigenvalue weighted by molar-refractivity contribution is 0.0694. The molecule has 0 bridgehead atoms. The van der Waals surface area contributed by atoms with E-state index in [1.54, 1.807) is 0 Å². The number of carboxylic acids is 1. The van der Waals surface area contributed by atoms with Gasteiger partial charge in [-0.3, -0.25) is 0 Å². The molecule has 0 unspecified atom stereocenters. The molecule has 1 aromatic heterocycles. The van der Waals surface area contributed by atoms with Gasteiger partial charge in [0.2, 0.25) is 5.82 Å². The molecule has 0 fully saturated rings. The third-order valence-electron chi connectivity index (χ3n) is 2.32. The van der Waals surface area contributed by atoms with E-state index in [0.717, 1.165) is 0 Å². The van der Waals surface area contributed by atoms with E-state index in [4.69, 9.17) is 10.4 Å². The maximum absolute atomic E-state index is 10.9. The minimum Gasteiger partial charge on any atom is -0.507 e. The molecule has 4 N–H and O–H groups in total. The van der Waals surface area contributed by atoms with Crippen molar-refractivity contribution in [2.75, 3.05) is 5.32 Å². The largest absolute Gasteiger partial charge is 0.507 e. The quantitative estimate of drug-likeness (QED) is 0.466. The molecule has 9 heteroatoms. The van der Waals surface area contributed by atoms with Crippen LogP contribution in [0.2, 0.25) is 0 Å². The van der Waals surface area contributed by atoms with Crippen molar-refractivity contribution in [1.29, 1.82) is 5.26 Å². The molecule has 100 valence electrons. The van der Waals surface area contributed by atoms with E-state index in [9.17, 15) is 9.90 Å². The molecule has 0 aliphatic rings. The van der Waals surface area contributed by atoms with Gasteiger partial charge >= 0.3 is 5.97 Å². The molecule has 0 atom stereocenters. The van der Waals surface area contributed by atoms with Gasteiger partial charge in [0, 0.05) is 11.9 Å². The minimum absolute atomic E-state index is 0.109. The average molecular weight is 272 g/mol. The summed E-state index contributed by atoms with van der Waals surface area (Å²) in [5.41, 5.74) is 0.251. The van der Waals surface area contributed by atoms with Gasteiger partial charge < -0.3 is 15.5 Å². The summed E-state index contributed by atoms with van der Waals surface area (Å²) in [7, 11) is 0. The molecule has 0 aliphatic carbocycles. The number of aromatic nitrogens is 4. The van der Waals surface area contributed by atoms with Crippen LogP contribution in [0.4, 0.5) is 5.69 Å². The third kappa shape index (κ3) is 2.70. The van der Waals surface area contributed by atoms with Crippen LogP contribution in [0.1, 0.15) is 16.2 Å². The van der Waals surface area contributed by atoms with Gasteiger partial charge in [-0.2, -0.15) is 10.5 Å². The number of anilines is 1. The summed E-state index contributed by atoms with van der Waals surface area (Å²) >= 11 is 0. The highest BCUT2D eigenvalue weighted by Crippen LogP contribution is 2.21. The topological polar surface area (TPSA) is 148 Å². The van der Waals surface area contributed by atoms with Crippen LogP contribution in [0.3, 0.4) is 0 Å². The van der Waals surface area contributed by atoms with Crippen molar-refractivity contribution in [3.05, 3.63) is 35.8 Å². The number of nitriles is 1. The molecule has 1 aromatic carbocycles. The Bertz CT molecular complexity index is 701. The number of nitrogens with zero attached hydrogens (tertiary/aromatic N) is 4. The first-order valence-corrected chi connectivity index (χ1v) is 5.28. The number of H-pyrrole nitrogens is 1. The van der Waals surface area contributed by atoms with Crippen molar-refractivity contribution in [1.82, 2.24) is 20.6 Å². The monoisotopic (exact) mass is 272 g/mol. The lowest BCUT2D eigenvalue weighted by Crippen LogP contribution is -1.99. The Morgan fingerprint density at radius 3 is 2.90 bits per heavy atom. The third-order valence-corrected chi connectivity index (χ3v) is 2.32. The van der Waals surface area contributed by atoms with Gasteiger partial charge in [0.05, 0.1) is 0 Å². The van der Waals surface area contributed by atoms with Gasteiger partial charge in [-0.25, -0.2) is 4.79 Å². The first-order chi connectivity index (χ1) is 9.61. The molecule has 0 saturated carbocycles. The molecule has 20 heavy (non-hydrogen) atoms. The van der Waals surface area contributed by atoms with Crippen molar-refractivity contribution in [3.8, 4) is 11.8 Å². The Morgan fingerprint density at radius 2 is 2.30 bits per heavy atom. The lowest BCUT2D eigenvalue weighted by Gasteiger charge is -2.04. The summed E-state index contributed by atoms with van der Waals surface area (Å²) in [6.07, 6.45) is 1.31. The predicted molar refractivity (Wildman–Crippen MR) is 66.5 cm³/mol. The molecule has 9 nitrogen and oxygen atoms in total. The van der Waals surface area contributed by atoms with Crippen LogP contribution in [0.25, 0.3) is 5.57 Å². The van der Waals surface area contributed by atoms with E-state index in [1.165, 1.54) is 24.4 Å². The Kier molecular flexibility index (Phi) is 3.58. The lowest BCUT2D eigenvalue weighted by atomic mass is 10.2. The van der Waals surface area contributed by atoms with Crippen LogP contribution in [-0.4, -0.2) is 36.8 Å². The number of allylic oxidation sites excluding steroid dienone is 1. The zero-order valence-corrected chi connectivity index (χ0v) is 9.90. The van der Waals surface area contributed by atoms with E-state index in [1.807, 2.05) is 6.07 Å². The normalized spacial score (nSPS) is 10.8.